The van der Waals surface area contributed by atoms with Crippen molar-refractivity contribution in [2.24, 2.45) is 11.8 Å². The van der Waals surface area contributed by atoms with Gasteiger partial charge in [-0.25, -0.2) is 0 Å². The van der Waals surface area contributed by atoms with Gasteiger partial charge < -0.3 is 14.5 Å². The first-order valence-electron chi connectivity index (χ1n) is 10.8. The van der Waals surface area contributed by atoms with E-state index in [1.54, 1.807) is 23.2 Å². The molecule has 30 heavy (non-hydrogen) atoms. The molecule has 3 heterocycles. The van der Waals surface area contributed by atoms with Gasteiger partial charge in [0, 0.05) is 43.7 Å². The van der Waals surface area contributed by atoms with E-state index in [0.717, 1.165) is 44.2 Å². The van der Waals surface area contributed by atoms with Crippen molar-refractivity contribution < 1.29 is 14.3 Å². The van der Waals surface area contributed by atoms with Crippen molar-refractivity contribution in [3.63, 3.8) is 0 Å². The van der Waals surface area contributed by atoms with Crippen LogP contribution in [0.5, 0.6) is 5.75 Å². The molecule has 0 spiro atoms. The highest BCUT2D eigenvalue weighted by Crippen LogP contribution is 2.30. The maximum Gasteiger partial charge on any atom is 0.260 e. The highest BCUT2D eigenvalue weighted by molar-refractivity contribution is 6.35. The molecule has 7 heteroatoms. The molecule has 2 aliphatic rings. The van der Waals surface area contributed by atoms with Crippen LogP contribution in [-0.4, -0.2) is 59.4 Å². The summed E-state index contributed by atoms with van der Waals surface area (Å²) in [5.74, 6) is 1.50. The Morgan fingerprint density at radius 3 is 2.50 bits per heavy atom. The minimum Gasteiger partial charge on any atom is -0.481 e. The highest BCUT2D eigenvalue weighted by atomic mass is 35.5. The molecule has 2 aromatic rings. The zero-order valence-electron chi connectivity index (χ0n) is 17.3. The molecule has 1 aromatic carbocycles. The van der Waals surface area contributed by atoms with Crippen molar-refractivity contribution >= 4 is 34.3 Å². The molecule has 0 radical (unpaired) electrons. The maximum absolute atomic E-state index is 12.8. The van der Waals surface area contributed by atoms with Gasteiger partial charge >= 0.3 is 0 Å². The lowest BCUT2D eigenvalue weighted by molar-refractivity contribution is -0.142. The van der Waals surface area contributed by atoms with Gasteiger partial charge in [-0.15, -0.1) is 0 Å². The summed E-state index contributed by atoms with van der Waals surface area (Å²) in [6.45, 7) is 5.14. The Labute approximate surface area is 182 Å². The first-order valence-corrected chi connectivity index (χ1v) is 11.1. The quantitative estimate of drug-likeness (QED) is 0.742. The minimum absolute atomic E-state index is 0.0350. The van der Waals surface area contributed by atoms with Crippen molar-refractivity contribution in [2.75, 3.05) is 32.8 Å². The number of rotatable bonds is 4. The Balaban J connectivity index is 1.29. The molecule has 0 unspecified atom stereocenters. The number of carbonyl (C=O) groups is 2. The maximum atomic E-state index is 12.8. The van der Waals surface area contributed by atoms with E-state index in [1.807, 2.05) is 17.0 Å². The number of pyridine rings is 1. The lowest BCUT2D eigenvalue weighted by Crippen LogP contribution is -2.47. The van der Waals surface area contributed by atoms with Gasteiger partial charge in [0.15, 0.2) is 6.61 Å². The second kappa shape index (κ2) is 9.21. The van der Waals surface area contributed by atoms with Crippen molar-refractivity contribution in [1.29, 1.82) is 0 Å². The monoisotopic (exact) mass is 429 g/mol. The zero-order chi connectivity index (χ0) is 21.1. The van der Waals surface area contributed by atoms with Crippen molar-refractivity contribution in [1.82, 2.24) is 14.8 Å². The van der Waals surface area contributed by atoms with Gasteiger partial charge in [-0.1, -0.05) is 18.5 Å². The summed E-state index contributed by atoms with van der Waals surface area (Å²) in [6.07, 6.45) is 5.31. The summed E-state index contributed by atoms with van der Waals surface area (Å²) >= 11 is 6.21. The summed E-state index contributed by atoms with van der Waals surface area (Å²) in [7, 11) is 0. The Morgan fingerprint density at radius 1 is 1.07 bits per heavy atom. The van der Waals surface area contributed by atoms with E-state index in [-0.39, 0.29) is 24.3 Å². The standard InChI is InChI=1S/C23H28ClN3O3/c1-16-6-11-27(12-7-16)23(29)17-8-13-26(14-9-17)21(28)15-30-20-5-4-19(24)18-3-2-10-25-22(18)20/h2-5,10,16-17H,6-9,11-15H2,1H3. The first kappa shape index (κ1) is 20.9. The van der Waals surface area contributed by atoms with Crippen molar-refractivity contribution in [2.45, 2.75) is 32.6 Å². The summed E-state index contributed by atoms with van der Waals surface area (Å²) in [5, 5.41) is 1.40. The number of carbonyl (C=O) groups excluding carboxylic acids is 2. The van der Waals surface area contributed by atoms with E-state index in [9.17, 15) is 9.59 Å². The number of piperidine rings is 2. The number of amides is 2. The second-order valence-corrected chi connectivity index (χ2v) is 8.80. The molecular weight excluding hydrogens is 402 g/mol. The molecule has 2 fully saturated rings. The Hall–Kier alpha value is -2.34. The van der Waals surface area contributed by atoms with Gasteiger partial charge in [0.25, 0.3) is 5.91 Å². The molecule has 0 aliphatic carbocycles. The van der Waals surface area contributed by atoms with E-state index >= 15 is 0 Å². The van der Waals surface area contributed by atoms with Crippen LogP contribution in [0.15, 0.2) is 30.5 Å². The van der Waals surface area contributed by atoms with Crippen LogP contribution in [0.25, 0.3) is 10.9 Å². The first-order chi connectivity index (χ1) is 14.5. The second-order valence-electron chi connectivity index (χ2n) is 8.40. The van der Waals surface area contributed by atoms with Crippen LogP contribution < -0.4 is 4.74 Å². The van der Waals surface area contributed by atoms with Crippen LogP contribution in [0, 0.1) is 11.8 Å². The number of fused-ring (bicyclic) bond motifs is 1. The predicted octanol–water partition coefficient (Wildman–Crippen LogP) is 3.76. The predicted molar refractivity (Wildman–Crippen MR) is 117 cm³/mol. The average molecular weight is 430 g/mol. The number of nitrogens with zero attached hydrogens (tertiary/aromatic N) is 3. The number of hydrogen-bond donors (Lipinski definition) is 0. The van der Waals surface area contributed by atoms with E-state index in [1.165, 1.54) is 0 Å². The van der Waals surface area contributed by atoms with E-state index in [0.29, 0.717) is 35.3 Å². The normalized spacial score (nSPS) is 18.6. The number of benzene rings is 1. The number of likely N-dealkylation sites (tertiary alicyclic amines) is 2. The fourth-order valence-electron chi connectivity index (χ4n) is 4.32. The van der Waals surface area contributed by atoms with E-state index in [2.05, 4.69) is 11.9 Å². The van der Waals surface area contributed by atoms with Gasteiger partial charge in [0.1, 0.15) is 11.3 Å². The van der Waals surface area contributed by atoms with Crippen molar-refractivity contribution in [3.8, 4) is 5.75 Å². The van der Waals surface area contributed by atoms with Crippen LogP contribution in [0.1, 0.15) is 32.6 Å². The molecule has 2 aliphatic heterocycles. The minimum atomic E-state index is -0.0632. The third kappa shape index (κ3) is 4.53. The summed E-state index contributed by atoms with van der Waals surface area (Å²) < 4.78 is 5.78. The Kier molecular flexibility index (Phi) is 6.42. The third-order valence-corrected chi connectivity index (χ3v) is 6.65. The molecular formula is C23H28ClN3O3. The van der Waals surface area contributed by atoms with Gasteiger partial charge in [0.05, 0.1) is 5.02 Å². The SMILES string of the molecule is CC1CCN(C(=O)C2CCN(C(=O)COc3ccc(Cl)c4cccnc34)CC2)CC1. The van der Waals surface area contributed by atoms with E-state index in [4.69, 9.17) is 16.3 Å². The molecule has 160 valence electrons. The summed E-state index contributed by atoms with van der Waals surface area (Å²) in [6, 6.07) is 7.20. The van der Waals surface area contributed by atoms with Gasteiger partial charge in [-0.05, 0) is 55.9 Å². The third-order valence-electron chi connectivity index (χ3n) is 6.32. The molecule has 2 saturated heterocycles. The van der Waals surface area contributed by atoms with Gasteiger partial charge in [-0.2, -0.15) is 0 Å². The number of aromatic nitrogens is 1. The lowest BCUT2D eigenvalue weighted by atomic mass is 9.92. The smallest absolute Gasteiger partial charge is 0.260 e. The molecule has 0 atom stereocenters. The van der Waals surface area contributed by atoms with Crippen molar-refractivity contribution in [3.05, 3.63) is 35.5 Å². The van der Waals surface area contributed by atoms with Crippen LogP contribution in [0.2, 0.25) is 5.02 Å². The molecule has 4 rings (SSSR count). The average Bonchev–Trinajstić information content (AvgIpc) is 2.79. The molecule has 0 bridgehead atoms. The Bertz CT molecular complexity index is 919. The molecule has 2 amide bonds. The zero-order valence-corrected chi connectivity index (χ0v) is 18.1. The number of ether oxygens (including phenoxy) is 1. The Morgan fingerprint density at radius 2 is 1.77 bits per heavy atom. The highest BCUT2D eigenvalue weighted by Gasteiger charge is 2.31. The molecule has 0 N–H and O–H groups in total. The summed E-state index contributed by atoms with van der Waals surface area (Å²) in [5.41, 5.74) is 0.651. The molecule has 6 nitrogen and oxygen atoms in total. The van der Waals surface area contributed by atoms with Crippen LogP contribution in [0.4, 0.5) is 0 Å². The van der Waals surface area contributed by atoms with Gasteiger partial charge in [-0.3, -0.25) is 14.6 Å². The van der Waals surface area contributed by atoms with Gasteiger partial charge in [0.2, 0.25) is 5.91 Å². The number of hydrogen-bond acceptors (Lipinski definition) is 4. The van der Waals surface area contributed by atoms with Crippen LogP contribution in [-0.2, 0) is 9.59 Å². The largest absolute Gasteiger partial charge is 0.481 e. The number of halogens is 1. The molecule has 0 saturated carbocycles. The topological polar surface area (TPSA) is 62.7 Å². The lowest BCUT2D eigenvalue weighted by Gasteiger charge is -2.36. The van der Waals surface area contributed by atoms with Crippen LogP contribution >= 0.6 is 11.6 Å². The summed E-state index contributed by atoms with van der Waals surface area (Å²) in [4.78, 5) is 33.6. The van der Waals surface area contributed by atoms with Crippen LogP contribution in [0.3, 0.4) is 0 Å². The molecule has 1 aromatic heterocycles. The fourth-order valence-corrected chi connectivity index (χ4v) is 4.54. The fraction of sp³-hybridized carbons (Fsp3) is 0.522. The van der Waals surface area contributed by atoms with E-state index < -0.39 is 0 Å².